The van der Waals surface area contributed by atoms with Gasteiger partial charge in [0.1, 0.15) is 5.78 Å². The number of carbonyl (C=O) groups is 1. The molecule has 88 valence electrons. The molecule has 1 aromatic rings. The third-order valence-electron chi connectivity index (χ3n) is 1.91. The van der Waals surface area contributed by atoms with Crippen LogP contribution in [0.4, 0.5) is 0 Å². The molecular weight excluding hydrogens is 242 g/mol. The van der Waals surface area contributed by atoms with Crippen molar-refractivity contribution >= 4 is 29.1 Å². The molecule has 0 radical (unpaired) electrons. The molecular formula is C12H16ClNOS. The summed E-state index contributed by atoms with van der Waals surface area (Å²) in [6.07, 6.45) is 3.62. The fourth-order valence-electron chi connectivity index (χ4n) is 1.11. The number of rotatable bonds is 4. The lowest BCUT2D eigenvalue weighted by Gasteiger charge is -2.16. The SMILES string of the molecule is CC(C)(C)SCC(=O)Cc1ccncc1Cl. The Balaban J connectivity index is 2.50. The maximum atomic E-state index is 11.7. The number of thioether (sulfide) groups is 1. The van der Waals surface area contributed by atoms with Crippen LogP contribution in [0.15, 0.2) is 18.5 Å². The normalized spacial score (nSPS) is 11.5. The molecule has 0 aromatic carbocycles. The molecule has 0 fully saturated rings. The summed E-state index contributed by atoms with van der Waals surface area (Å²) in [6.45, 7) is 6.30. The first-order valence-electron chi connectivity index (χ1n) is 5.12. The van der Waals surface area contributed by atoms with E-state index in [-0.39, 0.29) is 10.5 Å². The molecule has 0 unspecified atom stereocenters. The zero-order valence-electron chi connectivity index (χ0n) is 9.79. The number of hydrogen-bond donors (Lipinski definition) is 0. The molecule has 0 amide bonds. The number of pyridine rings is 1. The van der Waals surface area contributed by atoms with Crippen molar-refractivity contribution in [2.75, 3.05) is 5.75 Å². The van der Waals surface area contributed by atoms with Gasteiger partial charge in [-0.3, -0.25) is 9.78 Å². The fourth-order valence-corrected chi connectivity index (χ4v) is 1.99. The fraction of sp³-hybridized carbons (Fsp3) is 0.500. The lowest BCUT2D eigenvalue weighted by molar-refractivity contribution is -0.116. The lowest BCUT2D eigenvalue weighted by atomic mass is 10.1. The van der Waals surface area contributed by atoms with E-state index in [9.17, 15) is 4.79 Å². The first kappa shape index (κ1) is 13.5. The minimum Gasteiger partial charge on any atom is -0.298 e. The Morgan fingerprint density at radius 1 is 1.50 bits per heavy atom. The third kappa shape index (κ3) is 4.99. The molecule has 1 aromatic heterocycles. The molecule has 0 bridgehead atoms. The molecule has 16 heavy (non-hydrogen) atoms. The number of ketones is 1. The molecule has 1 rings (SSSR count). The van der Waals surface area contributed by atoms with Crippen LogP contribution >= 0.6 is 23.4 Å². The summed E-state index contributed by atoms with van der Waals surface area (Å²) in [7, 11) is 0. The first-order chi connectivity index (χ1) is 7.38. The molecule has 0 saturated carbocycles. The quantitative estimate of drug-likeness (QED) is 0.828. The van der Waals surface area contributed by atoms with Gasteiger partial charge < -0.3 is 0 Å². The van der Waals surface area contributed by atoms with Gasteiger partial charge in [-0.05, 0) is 11.6 Å². The molecule has 0 aliphatic rings. The van der Waals surface area contributed by atoms with Crippen LogP contribution in [0.25, 0.3) is 0 Å². The minimum absolute atomic E-state index is 0.123. The molecule has 2 nitrogen and oxygen atoms in total. The molecule has 1 heterocycles. The number of halogens is 1. The Labute approximate surface area is 106 Å². The van der Waals surface area contributed by atoms with Crippen LogP contribution < -0.4 is 0 Å². The molecule has 0 atom stereocenters. The zero-order chi connectivity index (χ0) is 12.2. The van der Waals surface area contributed by atoms with Gasteiger partial charge in [0.05, 0.1) is 10.8 Å². The first-order valence-corrected chi connectivity index (χ1v) is 6.49. The zero-order valence-corrected chi connectivity index (χ0v) is 11.4. The van der Waals surface area contributed by atoms with Gasteiger partial charge in [0.25, 0.3) is 0 Å². The van der Waals surface area contributed by atoms with E-state index in [0.717, 1.165) is 5.56 Å². The van der Waals surface area contributed by atoms with Crippen molar-refractivity contribution in [3.8, 4) is 0 Å². The maximum absolute atomic E-state index is 11.7. The van der Waals surface area contributed by atoms with Crippen molar-refractivity contribution in [1.29, 1.82) is 0 Å². The molecule has 0 aliphatic heterocycles. The summed E-state index contributed by atoms with van der Waals surface area (Å²) in [5.74, 6) is 0.732. The Bertz CT molecular complexity index is 374. The van der Waals surface area contributed by atoms with Gasteiger partial charge in [0.15, 0.2) is 0 Å². The third-order valence-corrected chi connectivity index (χ3v) is 3.58. The minimum atomic E-state index is 0.123. The summed E-state index contributed by atoms with van der Waals surface area (Å²) in [5.41, 5.74) is 0.858. The second-order valence-electron chi connectivity index (χ2n) is 4.58. The number of aromatic nitrogens is 1. The van der Waals surface area contributed by atoms with Crippen LogP contribution in [0.5, 0.6) is 0 Å². The molecule has 4 heteroatoms. The van der Waals surface area contributed by atoms with Crippen molar-refractivity contribution in [2.24, 2.45) is 0 Å². The summed E-state index contributed by atoms with van der Waals surface area (Å²) in [5, 5.41) is 0.566. The van der Waals surface area contributed by atoms with E-state index in [1.165, 1.54) is 0 Å². The number of nitrogens with zero attached hydrogens (tertiary/aromatic N) is 1. The van der Waals surface area contributed by atoms with Crippen molar-refractivity contribution in [1.82, 2.24) is 4.98 Å². The van der Waals surface area contributed by atoms with Gasteiger partial charge >= 0.3 is 0 Å². The van der Waals surface area contributed by atoms with Crippen LogP contribution in [-0.4, -0.2) is 21.3 Å². The summed E-state index contributed by atoms with van der Waals surface area (Å²) >= 11 is 7.60. The average Bonchev–Trinajstić information content (AvgIpc) is 2.18. The highest BCUT2D eigenvalue weighted by molar-refractivity contribution is 8.01. The highest BCUT2D eigenvalue weighted by Crippen LogP contribution is 2.23. The molecule has 0 N–H and O–H groups in total. The Morgan fingerprint density at radius 2 is 2.19 bits per heavy atom. The largest absolute Gasteiger partial charge is 0.298 e. The predicted molar refractivity (Wildman–Crippen MR) is 70.2 cm³/mol. The van der Waals surface area contributed by atoms with Crippen molar-refractivity contribution in [3.05, 3.63) is 29.0 Å². The monoisotopic (exact) mass is 257 g/mol. The number of Topliss-reactive ketones (excluding diaryl/α,β-unsaturated/α-hetero) is 1. The van der Waals surface area contributed by atoms with E-state index in [0.29, 0.717) is 17.2 Å². The lowest BCUT2D eigenvalue weighted by Crippen LogP contribution is -2.14. The van der Waals surface area contributed by atoms with E-state index in [4.69, 9.17) is 11.6 Å². The summed E-state index contributed by atoms with van der Waals surface area (Å²) < 4.78 is 0.123. The van der Waals surface area contributed by atoms with Gasteiger partial charge in [-0.2, -0.15) is 0 Å². The van der Waals surface area contributed by atoms with Gasteiger partial charge in [-0.1, -0.05) is 32.4 Å². The highest BCUT2D eigenvalue weighted by Gasteiger charge is 2.14. The van der Waals surface area contributed by atoms with Crippen molar-refractivity contribution < 1.29 is 4.79 Å². The summed E-state index contributed by atoms with van der Waals surface area (Å²) in [6, 6.07) is 1.79. The van der Waals surface area contributed by atoms with E-state index in [2.05, 4.69) is 25.8 Å². The van der Waals surface area contributed by atoms with E-state index in [1.807, 2.05) is 0 Å². The van der Waals surface area contributed by atoms with Crippen LogP contribution in [-0.2, 0) is 11.2 Å². The van der Waals surface area contributed by atoms with Crippen LogP contribution in [0.3, 0.4) is 0 Å². The van der Waals surface area contributed by atoms with Gasteiger partial charge in [0, 0.05) is 23.6 Å². The van der Waals surface area contributed by atoms with Crippen LogP contribution in [0, 0.1) is 0 Å². The smallest absolute Gasteiger partial charge is 0.147 e. The van der Waals surface area contributed by atoms with Gasteiger partial charge in [-0.25, -0.2) is 0 Å². The highest BCUT2D eigenvalue weighted by atomic mass is 35.5. The standard InChI is InChI=1S/C12H16ClNOS/c1-12(2,3)16-8-10(15)6-9-4-5-14-7-11(9)13/h4-5,7H,6,8H2,1-3H3. The Morgan fingerprint density at radius 3 is 2.75 bits per heavy atom. The van der Waals surface area contributed by atoms with Crippen LogP contribution in [0.2, 0.25) is 5.02 Å². The Hall–Kier alpha value is -0.540. The van der Waals surface area contributed by atoms with E-state index < -0.39 is 0 Å². The average molecular weight is 258 g/mol. The molecule has 0 spiro atoms. The number of hydrogen-bond acceptors (Lipinski definition) is 3. The topological polar surface area (TPSA) is 30.0 Å². The molecule has 0 saturated heterocycles. The van der Waals surface area contributed by atoms with Crippen molar-refractivity contribution in [2.45, 2.75) is 31.9 Å². The van der Waals surface area contributed by atoms with E-state index >= 15 is 0 Å². The van der Waals surface area contributed by atoms with Gasteiger partial charge in [0.2, 0.25) is 0 Å². The summed E-state index contributed by atoms with van der Waals surface area (Å²) in [4.78, 5) is 15.6. The van der Waals surface area contributed by atoms with Crippen molar-refractivity contribution in [3.63, 3.8) is 0 Å². The number of carbonyl (C=O) groups excluding carboxylic acids is 1. The maximum Gasteiger partial charge on any atom is 0.147 e. The van der Waals surface area contributed by atoms with E-state index in [1.54, 1.807) is 30.2 Å². The Kier molecular flexibility index (Phi) is 4.81. The molecule has 0 aliphatic carbocycles. The second-order valence-corrected chi connectivity index (χ2v) is 6.79. The predicted octanol–water partition coefficient (Wildman–Crippen LogP) is 3.38. The second kappa shape index (κ2) is 5.69. The van der Waals surface area contributed by atoms with Gasteiger partial charge in [-0.15, -0.1) is 11.8 Å². The van der Waals surface area contributed by atoms with Crippen LogP contribution in [0.1, 0.15) is 26.3 Å².